The van der Waals surface area contributed by atoms with Gasteiger partial charge in [-0.1, -0.05) is 25.0 Å². The van der Waals surface area contributed by atoms with Gasteiger partial charge in [-0.15, -0.1) is 0 Å². The Bertz CT molecular complexity index is 747. The average molecular weight is 324 g/mol. The topological polar surface area (TPSA) is 34.1 Å². The van der Waals surface area contributed by atoms with Crippen LogP contribution in [0.1, 0.15) is 37.7 Å². The van der Waals surface area contributed by atoms with E-state index in [1.807, 2.05) is 12.2 Å². The molecular weight excluding hydrogens is 306 g/mol. The van der Waals surface area contributed by atoms with Crippen LogP contribution in [0.2, 0.25) is 0 Å². The second-order valence-corrected chi connectivity index (χ2v) is 8.02. The van der Waals surface area contributed by atoms with Crippen LogP contribution in [0.25, 0.3) is 5.57 Å². The Hall–Kier alpha value is -1.49. The third kappa shape index (κ3) is 2.74. The second kappa shape index (κ2) is 5.61. The minimum Gasteiger partial charge on any atom is -0.224 e. The Morgan fingerprint density at radius 3 is 2.23 bits per heavy atom. The molecular formula is C17H18F2O2S. The molecule has 0 unspecified atom stereocenters. The molecule has 0 atom stereocenters. The first-order chi connectivity index (χ1) is 10.4. The summed E-state index contributed by atoms with van der Waals surface area (Å²) in [5.74, 6) is -1.57. The molecule has 0 radical (unpaired) electrons. The molecule has 1 aromatic rings. The van der Waals surface area contributed by atoms with Crippen molar-refractivity contribution >= 4 is 15.4 Å². The first kappa shape index (κ1) is 15.4. The summed E-state index contributed by atoms with van der Waals surface area (Å²) in [6.07, 6.45) is 10.1. The van der Waals surface area contributed by atoms with Gasteiger partial charge < -0.3 is 0 Å². The van der Waals surface area contributed by atoms with E-state index in [-0.39, 0.29) is 0 Å². The van der Waals surface area contributed by atoms with Crippen molar-refractivity contribution in [1.29, 1.82) is 0 Å². The molecule has 2 nitrogen and oxygen atoms in total. The average Bonchev–Trinajstić information content (AvgIpc) is 3.07. The molecule has 3 rings (SSSR count). The van der Waals surface area contributed by atoms with Crippen LogP contribution < -0.4 is 0 Å². The zero-order valence-electron chi connectivity index (χ0n) is 12.4. The summed E-state index contributed by atoms with van der Waals surface area (Å²) in [5, 5.41) is 0. The number of rotatable bonds is 3. The van der Waals surface area contributed by atoms with Crippen molar-refractivity contribution in [1.82, 2.24) is 0 Å². The van der Waals surface area contributed by atoms with Crippen LogP contribution >= 0.6 is 0 Å². The number of benzene rings is 1. The Labute approximate surface area is 129 Å². The smallest absolute Gasteiger partial charge is 0.181 e. The molecule has 0 heterocycles. The van der Waals surface area contributed by atoms with E-state index in [9.17, 15) is 17.2 Å². The molecule has 2 aliphatic rings. The molecule has 1 aromatic carbocycles. The Morgan fingerprint density at radius 2 is 1.68 bits per heavy atom. The lowest BCUT2D eigenvalue weighted by molar-refractivity contribution is 0.520. The van der Waals surface area contributed by atoms with Crippen molar-refractivity contribution in [3.8, 4) is 0 Å². The van der Waals surface area contributed by atoms with Crippen LogP contribution in [0.3, 0.4) is 0 Å². The standard InChI is InChI=1S/C17H18F2O2S/c1-22(20,21)17-15(18)9-12(10-16(17)19)14-8-4-7-13(14)11-5-2-3-6-11/h4,7,9-11H,2-3,5-6,8H2,1H3. The van der Waals surface area contributed by atoms with E-state index in [2.05, 4.69) is 0 Å². The fourth-order valence-corrected chi connectivity index (χ4v) is 4.34. The maximum Gasteiger partial charge on any atom is 0.181 e. The van der Waals surface area contributed by atoms with Crippen molar-refractivity contribution in [3.05, 3.63) is 47.1 Å². The van der Waals surface area contributed by atoms with Crippen molar-refractivity contribution in [3.63, 3.8) is 0 Å². The summed E-state index contributed by atoms with van der Waals surface area (Å²) in [7, 11) is -3.92. The van der Waals surface area contributed by atoms with Crippen molar-refractivity contribution < 1.29 is 17.2 Å². The van der Waals surface area contributed by atoms with E-state index in [1.54, 1.807) is 0 Å². The first-order valence-electron chi connectivity index (χ1n) is 7.47. The van der Waals surface area contributed by atoms with Gasteiger partial charge in [0.25, 0.3) is 0 Å². The van der Waals surface area contributed by atoms with Crippen LogP contribution in [0.4, 0.5) is 8.78 Å². The SMILES string of the molecule is CS(=O)(=O)c1c(F)cc(C2=C(C3CCCC3)C=CC2)cc1F. The van der Waals surface area contributed by atoms with E-state index in [0.29, 0.717) is 17.9 Å². The monoisotopic (exact) mass is 324 g/mol. The lowest BCUT2D eigenvalue weighted by Gasteiger charge is -2.15. The lowest BCUT2D eigenvalue weighted by Crippen LogP contribution is -2.06. The van der Waals surface area contributed by atoms with Crippen LogP contribution in [-0.4, -0.2) is 14.7 Å². The third-order valence-electron chi connectivity index (χ3n) is 4.48. The highest BCUT2D eigenvalue weighted by atomic mass is 32.2. The predicted octanol–water partition coefficient (Wildman–Crippen LogP) is 4.27. The van der Waals surface area contributed by atoms with E-state index in [4.69, 9.17) is 0 Å². The van der Waals surface area contributed by atoms with Crippen LogP contribution in [0.5, 0.6) is 0 Å². The highest BCUT2D eigenvalue weighted by Crippen LogP contribution is 2.41. The number of halogens is 2. The molecule has 118 valence electrons. The van der Waals surface area contributed by atoms with Gasteiger partial charge >= 0.3 is 0 Å². The molecule has 22 heavy (non-hydrogen) atoms. The fourth-order valence-electron chi connectivity index (χ4n) is 3.51. The van der Waals surface area contributed by atoms with Crippen LogP contribution in [-0.2, 0) is 9.84 Å². The van der Waals surface area contributed by atoms with Gasteiger partial charge in [-0.2, -0.15) is 0 Å². The molecule has 0 aliphatic heterocycles. The molecule has 0 aromatic heterocycles. The van der Waals surface area contributed by atoms with Gasteiger partial charge in [-0.05, 0) is 54.0 Å². The van der Waals surface area contributed by atoms with Gasteiger partial charge in [0.05, 0.1) is 0 Å². The molecule has 0 amide bonds. The zero-order chi connectivity index (χ0) is 15.9. The van der Waals surface area contributed by atoms with Gasteiger partial charge in [0.15, 0.2) is 9.84 Å². The molecule has 5 heteroatoms. The van der Waals surface area contributed by atoms with Gasteiger partial charge in [-0.25, -0.2) is 17.2 Å². The highest BCUT2D eigenvalue weighted by molar-refractivity contribution is 7.90. The Kier molecular flexibility index (Phi) is 3.93. The number of hydrogen-bond acceptors (Lipinski definition) is 2. The Morgan fingerprint density at radius 1 is 1.09 bits per heavy atom. The van der Waals surface area contributed by atoms with Crippen molar-refractivity contribution in [2.75, 3.05) is 6.26 Å². The van der Waals surface area contributed by atoms with Crippen LogP contribution in [0.15, 0.2) is 34.8 Å². The number of sulfone groups is 1. The maximum atomic E-state index is 14.1. The highest BCUT2D eigenvalue weighted by Gasteiger charge is 2.26. The number of hydrogen-bond donors (Lipinski definition) is 0. The van der Waals surface area contributed by atoms with Gasteiger partial charge in [0.1, 0.15) is 16.5 Å². The van der Waals surface area contributed by atoms with Gasteiger partial charge in [-0.3, -0.25) is 0 Å². The zero-order valence-corrected chi connectivity index (χ0v) is 13.2. The fraction of sp³-hybridized carbons (Fsp3) is 0.412. The minimum absolute atomic E-state index is 0.453. The molecule has 0 bridgehead atoms. The molecule has 1 saturated carbocycles. The van der Waals surface area contributed by atoms with Gasteiger partial charge in [0, 0.05) is 6.26 Å². The number of allylic oxidation sites excluding steroid dienone is 4. The maximum absolute atomic E-state index is 14.1. The van der Waals surface area contributed by atoms with Crippen LogP contribution in [0, 0.1) is 17.6 Å². The molecule has 0 spiro atoms. The minimum atomic E-state index is -3.92. The molecule has 2 aliphatic carbocycles. The second-order valence-electron chi connectivity index (χ2n) is 6.06. The van der Waals surface area contributed by atoms with Gasteiger partial charge in [0.2, 0.25) is 0 Å². The summed E-state index contributed by atoms with van der Waals surface area (Å²) in [6.45, 7) is 0. The van der Waals surface area contributed by atoms with E-state index in [1.165, 1.54) is 12.8 Å². The quantitative estimate of drug-likeness (QED) is 0.832. The van der Waals surface area contributed by atoms with E-state index < -0.39 is 26.4 Å². The van der Waals surface area contributed by atoms with Crippen molar-refractivity contribution in [2.45, 2.75) is 37.0 Å². The third-order valence-corrected chi connectivity index (χ3v) is 5.61. The van der Waals surface area contributed by atoms with E-state index in [0.717, 1.165) is 42.4 Å². The lowest BCUT2D eigenvalue weighted by atomic mass is 9.91. The summed E-state index contributed by atoms with van der Waals surface area (Å²) in [4.78, 5) is -0.842. The molecule has 0 N–H and O–H groups in total. The predicted molar refractivity (Wildman–Crippen MR) is 82.1 cm³/mol. The van der Waals surface area contributed by atoms with E-state index >= 15 is 0 Å². The molecule has 0 saturated heterocycles. The summed E-state index contributed by atoms with van der Waals surface area (Å²) < 4.78 is 51.2. The normalized spacial score (nSPS) is 19.4. The summed E-state index contributed by atoms with van der Waals surface area (Å²) in [5.41, 5.74) is 2.53. The first-order valence-corrected chi connectivity index (χ1v) is 9.36. The largest absolute Gasteiger partial charge is 0.224 e. The molecule has 1 fully saturated rings. The van der Waals surface area contributed by atoms with Crippen molar-refractivity contribution in [2.24, 2.45) is 5.92 Å². The summed E-state index contributed by atoms with van der Waals surface area (Å²) in [6, 6.07) is 2.30. The summed E-state index contributed by atoms with van der Waals surface area (Å²) >= 11 is 0. The Balaban J connectivity index is 2.08.